The Morgan fingerprint density at radius 2 is 1.71 bits per heavy atom. The van der Waals surface area contributed by atoms with Crippen LogP contribution < -0.4 is 14.2 Å². The first-order valence-electron chi connectivity index (χ1n) is 6.54. The van der Waals surface area contributed by atoms with Crippen molar-refractivity contribution in [1.29, 1.82) is 0 Å². The number of rotatable bonds is 7. The number of aryl methyl sites for hydroxylation is 1. The molecule has 120 valence electrons. The van der Waals surface area contributed by atoms with Gasteiger partial charge in [0.25, 0.3) is 0 Å². The Morgan fingerprint density at radius 3 is 2.19 bits per heavy atom. The fourth-order valence-electron chi connectivity index (χ4n) is 2.00. The van der Waals surface area contributed by atoms with E-state index in [4.69, 9.17) is 14.6 Å². The summed E-state index contributed by atoms with van der Waals surface area (Å²) in [7, 11) is -0.780. The molecular formula is C14H23NO5S. The van der Waals surface area contributed by atoms with Gasteiger partial charge in [-0.15, -0.1) is 0 Å². The van der Waals surface area contributed by atoms with Gasteiger partial charge in [0.15, 0.2) is 11.5 Å². The van der Waals surface area contributed by atoms with Crippen LogP contribution in [0.3, 0.4) is 0 Å². The molecule has 0 bridgehead atoms. The smallest absolute Gasteiger partial charge is 0.241 e. The third-order valence-electron chi connectivity index (χ3n) is 3.12. The molecule has 0 radical (unpaired) electrons. The number of hydrogen-bond acceptors (Lipinski definition) is 5. The van der Waals surface area contributed by atoms with Crippen molar-refractivity contribution in [2.75, 3.05) is 20.8 Å². The monoisotopic (exact) mass is 317 g/mol. The van der Waals surface area contributed by atoms with E-state index in [1.807, 2.05) is 0 Å². The lowest BCUT2D eigenvalue weighted by molar-refractivity contribution is 0.245. The van der Waals surface area contributed by atoms with Gasteiger partial charge in [-0.25, -0.2) is 13.1 Å². The van der Waals surface area contributed by atoms with Crippen molar-refractivity contribution in [1.82, 2.24) is 4.72 Å². The largest absolute Gasteiger partial charge is 0.493 e. The van der Waals surface area contributed by atoms with Gasteiger partial charge in [0.2, 0.25) is 10.0 Å². The summed E-state index contributed by atoms with van der Waals surface area (Å²) < 4.78 is 37.9. The fraction of sp³-hybridized carbons (Fsp3) is 0.571. The standard InChI is InChI=1S/C14H23NO5S/c1-10-8-11(19-4)12(20-5)9-13(10)21(17,18)15-14(2,3)6-7-16/h8-9,15-16H,6-7H2,1-5H3. The minimum Gasteiger partial charge on any atom is -0.493 e. The van der Waals surface area contributed by atoms with E-state index in [0.717, 1.165) is 0 Å². The number of benzene rings is 1. The molecule has 0 unspecified atom stereocenters. The zero-order valence-electron chi connectivity index (χ0n) is 13.1. The Kier molecular flexibility index (Phi) is 5.61. The summed E-state index contributed by atoms with van der Waals surface area (Å²) in [5, 5.41) is 9.00. The van der Waals surface area contributed by atoms with Crippen molar-refractivity contribution in [2.45, 2.75) is 37.6 Å². The minimum absolute atomic E-state index is 0.0968. The van der Waals surface area contributed by atoms with Gasteiger partial charge in [0.05, 0.1) is 19.1 Å². The van der Waals surface area contributed by atoms with Crippen LogP contribution in [-0.2, 0) is 10.0 Å². The van der Waals surface area contributed by atoms with Crippen LogP contribution in [0, 0.1) is 6.92 Å². The van der Waals surface area contributed by atoms with Crippen LogP contribution in [-0.4, -0.2) is 39.9 Å². The summed E-state index contributed by atoms with van der Waals surface area (Å²) in [6, 6.07) is 3.05. The summed E-state index contributed by atoms with van der Waals surface area (Å²) in [5.74, 6) is 0.826. The summed E-state index contributed by atoms with van der Waals surface area (Å²) >= 11 is 0. The van der Waals surface area contributed by atoms with Crippen molar-refractivity contribution >= 4 is 10.0 Å². The molecule has 7 heteroatoms. The molecule has 0 aliphatic carbocycles. The molecule has 0 spiro atoms. The Morgan fingerprint density at radius 1 is 1.19 bits per heavy atom. The molecule has 0 atom stereocenters. The van der Waals surface area contributed by atoms with Gasteiger partial charge in [0.1, 0.15) is 0 Å². The molecule has 0 saturated carbocycles. The van der Waals surface area contributed by atoms with Crippen LogP contribution in [0.25, 0.3) is 0 Å². The van der Waals surface area contributed by atoms with Gasteiger partial charge in [-0.2, -0.15) is 0 Å². The quantitative estimate of drug-likeness (QED) is 0.795. The molecule has 1 aromatic rings. The van der Waals surface area contributed by atoms with Crippen LogP contribution in [0.4, 0.5) is 0 Å². The van der Waals surface area contributed by atoms with E-state index in [-0.39, 0.29) is 11.5 Å². The van der Waals surface area contributed by atoms with Crippen molar-refractivity contribution in [3.63, 3.8) is 0 Å². The summed E-state index contributed by atoms with van der Waals surface area (Å²) in [5.41, 5.74) is -0.187. The van der Waals surface area contributed by atoms with Crippen LogP contribution in [0.5, 0.6) is 11.5 Å². The normalized spacial score (nSPS) is 12.3. The first-order chi connectivity index (χ1) is 9.66. The van der Waals surface area contributed by atoms with Crippen molar-refractivity contribution in [3.8, 4) is 11.5 Å². The first-order valence-corrected chi connectivity index (χ1v) is 8.02. The second-order valence-electron chi connectivity index (χ2n) is 5.44. The lowest BCUT2D eigenvalue weighted by Gasteiger charge is -2.25. The molecule has 1 aromatic carbocycles. The number of hydrogen-bond donors (Lipinski definition) is 2. The lowest BCUT2D eigenvalue weighted by atomic mass is 10.0. The highest BCUT2D eigenvalue weighted by Gasteiger charge is 2.28. The molecular weight excluding hydrogens is 294 g/mol. The van der Waals surface area contributed by atoms with Gasteiger partial charge in [0, 0.05) is 18.2 Å². The number of aliphatic hydroxyl groups is 1. The van der Waals surface area contributed by atoms with E-state index in [0.29, 0.717) is 23.5 Å². The highest BCUT2D eigenvalue weighted by molar-refractivity contribution is 7.89. The third-order valence-corrected chi connectivity index (χ3v) is 4.96. The molecule has 1 rings (SSSR count). The van der Waals surface area contributed by atoms with Gasteiger partial charge in [-0.05, 0) is 38.8 Å². The van der Waals surface area contributed by atoms with Crippen LogP contribution in [0.2, 0.25) is 0 Å². The van der Waals surface area contributed by atoms with Gasteiger partial charge in [-0.1, -0.05) is 0 Å². The molecule has 0 saturated heterocycles. The maximum absolute atomic E-state index is 12.5. The van der Waals surface area contributed by atoms with Gasteiger partial charge in [-0.3, -0.25) is 0 Å². The highest BCUT2D eigenvalue weighted by Crippen LogP contribution is 2.32. The van der Waals surface area contributed by atoms with Crippen LogP contribution in [0.1, 0.15) is 25.8 Å². The minimum atomic E-state index is -3.73. The number of methoxy groups -OCH3 is 2. The van der Waals surface area contributed by atoms with E-state index in [2.05, 4.69) is 4.72 Å². The lowest BCUT2D eigenvalue weighted by Crippen LogP contribution is -2.44. The predicted octanol–water partition coefficient (Wildman–Crippen LogP) is 1.45. The van der Waals surface area contributed by atoms with Crippen molar-refractivity contribution in [2.24, 2.45) is 0 Å². The van der Waals surface area contributed by atoms with E-state index in [1.165, 1.54) is 20.3 Å². The summed E-state index contributed by atoms with van der Waals surface area (Å²) in [6.45, 7) is 5.03. The predicted molar refractivity (Wildman–Crippen MR) is 80.4 cm³/mol. The maximum Gasteiger partial charge on any atom is 0.241 e. The van der Waals surface area contributed by atoms with E-state index in [9.17, 15) is 8.42 Å². The molecule has 0 aliphatic heterocycles. The zero-order valence-corrected chi connectivity index (χ0v) is 13.9. The topological polar surface area (TPSA) is 84.9 Å². The Hall–Kier alpha value is -1.31. The molecule has 2 N–H and O–H groups in total. The summed E-state index contributed by atoms with van der Waals surface area (Å²) in [4.78, 5) is 0.131. The average Bonchev–Trinajstić information content (AvgIpc) is 2.36. The molecule has 21 heavy (non-hydrogen) atoms. The maximum atomic E-state index is 12.5. The molecule has 0 aromatic heterocycles. The fourth-order valence-corrected chi connectivity index (χ4v) is 3.69. The van der Waals surface area contributed by atoms with E-state index < -0.39 is 15.6 Å². The molecule has 0 fully saturated rings. The van der Waals surface area contributed by atoms with Gasteiger partial charge >= 0.3 is 0 Å². The summed E-state index contributed by atoms with van der Waals surface area (Å²) in [6.07, 6.45) is 0.318. The first kappa shape index (κ1) is 17.7. The van der Waals surface area contributed by atoms with E-state index in [1.54, 1.807) is 26.8 Å². The Labute approximate surface area is 126 Å². The highest BCUT2D eigenvalue weighted by atomic mass is 32.2. The second-order valence-corrected chi connectivity index (χ2v) is 7.09. The third kappa shape index (κ3) is 4.33. The van der Waals surface area contributed by atoms with E-state index >= 15 is 0 Å². The van der Waals surface area contributed by atoms with Gasteiger partial charge < -0.3 is 14.6 Å². The number of nitrogens with one attached hydrogen (secondary N) is 1. The Bertz CT molecular complexity index is 596. The Balaban J connectivity index is 3.26. The molecule has 6 nitrogen and oxygen atoms in total. The molecule has 0 amide bonds. The second kappa shape index (κ2) is 6.64. The number of sulfonamides is 1. The number of aliphatic hydroxyl groups excluding tert-OH is 1. The zero-order chi connectivity index (χ0) is 16.3. The number of ether oxygens (including phenoxy) is 2. The van der Waals surface area contributed by atoms with Crippen molar-refractivity contribution < 1.29 is 23.0 Å². The molecule has 0 aliphatic rings. The SMILES string of the molecule is COc1cc(C)c(S(=O)(=O)NC(C)(C)CCO)cc1OC. The van der Waals surface area contributed by atoms with Crippen LogP contribution >= 0.6 is 0 Å². The average molecular weight is 317 g/mol. The van der Waals surface area contributed by atoms with Crippen molar-refractivity contribution in [3.05, 3.63) is 17.7 Å². The van der Waals surface area contributed by atoms with Crippen LogP contribution in [0.15, 0.2) is 17.0 Å². The molecule has 0 heterocycles.